The predicted molar refractivity (Wildman–Crippen MR) is 112 cm³/mol. The average molecular weight is 408 g/mol. The van der Waals surface area contributed by atoms with Crippen LogP contribution in [0.15, 0.2) is 0 Å². The van der Waals surface area contributed by atoms with Crippen molar-refractivity contribution in [3.8, 4) is 0 Å². The van der Waals surface area contributed by atoms with E-state index in [1.54, 1.807) is 0 Å². The molecule has 6 nitrogen and oxygen atoms in total. The van der Waals surface area contributed by atoms with Gasteiger partial charge in [-0.25, -0.2) is 0 Å². The van der Waals surface area contributed by atoms with Gasteiger partial charge in [-0.3, -0.25) is 9.35 Å². The summed E-state index contributed by atoms with van der Waals surface area (Å²) < 4.78 is 31.1. The molecule has 1 unspecified atom stereocenters. The molecule has 0 aliphatic carbocycles. The summed E-state index contributed by atoms with van der Waals surface area (Å²) in [5, 5.41) is 3.12. The Balaban J connectivity index is 4.63. The first-order valence-corrected chi connectivity index (χ1v) is 11.5. The van der Waals surface area contributed by atoms with Crippen molar-refractivity contribution in [1.29, 1.82) is 0 Å². The first kappa shape index (κ1) is 26.3. The fourth-order valence-corrected chi connectivity index (χ4v) is 3.93. The van der Waals surface area contributed by atoms with Crippen LogP contribution in [0.1, 0.15) is 67.7 Å². The molecule has 0 radical (unpaired) electrons. The Labute approximate surface area is 167 Å². The normalized spacial score (nSPS) is 16.1. The van der Waals surface area contributed by atoms with Crippen molar-refractivity contribution in [1.82, 2.24) is 5.32 Å². The monoisotopic (exact) mass is 407 g/mol. The van der Waals surface area contributed by atoms with E-state index in [2.05, 4.69) is 53.8 Å². The highest BCUT2D eigenvalue weighted by Crippen LogP contribution is 2.46. The molecule has 2 N–H and O–H groups in total. The number of hydrogen-bond acceptors (Lipinski definition) is 3. The van der Waals surface area contributed by atoms with Crippen LogP contribution in [0, 0.1) is 16.2 Å². The second-order valence-corrected chi connectivity index (χ2v) is 12.5. The van der Waals surface area contributed by atoms with Gasteiger partial charge in [-0.2, -0.15) is 8.42 Å². The molecule has 162 valence electrons. The largest absolute Gasteiger partial charge is 0.355 e. The molecule has 0 saturated carbocycles. The molecule has 0 aliphatic heterocycles. The molecular weight excluding hydrogens is 364 g/mol. The molecule has 0 aromatic heterocycles. The Kier molecular flexibility index (Phi) is 9.00. The molecule has 0 bridgehead atoms. The van der Waals surface area contributed by atoms with Crippen LogP contribution < -0.4 is 5.32 Å². The zero-order valence-corrected chi connectivity index (χ0v) is 19.8. The molecule has 27 heavy (non-hydrogen) atoms. The van der Waals surface area contributed by atoms with E-state index in [0.29, 0.717) is 24.0 Å². The lowest BCUT2D eigenvalue weighted by molar-refractivity contribution is -0.890. The van der Waals surface area contributed by atoms with E-state index in [1.807, 2.05) is 14.1 Å². The predicted octanol–water partition coefficient (Wildman–Crippen LogP) is 3.34. The maximum atomic E-state index is 13.0. The Morgan fingerprint density at radius 2 is 1.44 bits per heavy atom. The van der Waals surface area contributed by atoms with E-state index < -0.39 is 15.5 Å². The van der Waals surface area contributed by atoms with E-state index in [1.165, 1.54) is 0 Å². The maximum absolute atomic E-state index is 13.0. The number of quaternary nitrogens is 1. The molecule has 0 saturated heterocycles. The summed E-state index contributed by atoms with van der Waals surface area (Å²) in [6, 6.07) is 0. The van der Waals surface area contributed by atoms with Crippen molar-refractivity contribution < 1.29 is 22.2 Å². The summed E-state index contributed by atoms with van der Waals surface area (Å²) >= 11 is 0. The third-order valence-electron chi connectivity index (χ3n) is 5.43. The first-order valence-electron chi connectivity index (χ1n) is 9.85. The van der Waals surface area contributed by atoms with E-state index in [-0.39, 0.29) is 22.5 Å². The smallest absolute Gasteiger partial charge is 0.265 e. The van der Waals surface area contributed by atoms with Crippen LogP contribution in [-0.4, -0.2) is 62.8 Å². The van der Waals surface area contributed by atoms with Gasteiger partial charge in [-0.05, 0) is 17.3 Å². The topological polar surface area (TPSA) is 83.5 Å². The van der Waals surface area contributed by atoms with E-state index in [9.17, 15) is 13.2 Å². The van der Waals surface area contributed by atoms with Crippen molar-refractivity contribution in [3.05, 3.63) is 0 Å². The second kappa shape index (κ2) is 9.23. The van der Waals surface area contributed by atoms with Crippen LogP contribution in [0.25, 0.3) is 0 Å². The fourth-order valence-electron chi connectivity index (χ4n) is 3.44. The zero-order valence-electron chi connectivity index (χ0n) is 19.0. The maximum Gasteiger partial charge on any atom is 0.265 e. The minimum atomic E-state index is -3.90. The van der Waals surface area contributed by atoms with Crippen molar-refractivity contribution in [2.45, 2.75) is 67.7 Å². The van der Waals surface area contributed by atoms with Gasteiger partial charge in [-0.1, -0.05) is 48.5 Å². The Bertz CT molecular complexity index is 586. The minimum Gasteiger partial charge on any atom is -0.355 e. The molecule has 1 atom stereocenters. The lowest BCUT2D eigenvalue weighted by Gasteiger charge is -2.44. The van der Waals surface area contributed by atoms with Crippen LogP contribution in [0.3, 0.4) is 0 Å². The van der Waals surface area contributed by atoms with Crippen LogP contribution in [-0.2, 0) is 14.9 Å². The Hall–Kier alpha value is -0.660. The van der Waals surface area contributed by atoms with Crippen LogP contribution >= 0.6 is 0 Å². The van der Waals surface area contributed by atoms with Crippen molar-refractivity contribution >= 4 is 16.0 Å². The lowest BCUT2D eigenvalue weighted by atomic mass is 9.61. The summed E-state index contributed by atoms with van der Waals surface area (Å²) in [5.41, 5.74) is -0.536. The molecule has 0 aromatic rings. The van der Waals surface area contributed by atoms with Crippen LogP contribution in [0.2, 0.25) is 0 Å². The number of hydrogen-bond donors (Lipinski definition) is 2. The summed E-state index contributed by atoms with van der Waals surface area (Å²) in [6.45, 7) is 17.0. The van der Waals surface area contributed by atoms with Gasteiger partial charge in [0.05, 0.1) is 38.4 Å². The van der Waals surface area contributed by atoms with Gasteiger partial charge in [0.2, 0.25) is 5.91 Å². The number of carbonyl (C=O) groups excluding carboxylic acids is 1. The van der Waals surface area contributed by atoms with Gasteiger partial charge in [0.15, 0.2) is 0 Å². The highest BCUT2D eigenvalue weighted by molar-refractivity contribution is 7.85. The Morgan fingerprint density at radius 1 is 0.963 bits per heavy atom. The summed E-state index contributed by atoms with van der Waals surface area (Å²) in [7, 11) is 0.169. The van der Waals surface area contributed by atoms with Crippen molar-refractivity contribution in [2.24, 2.45) is 16.2 Å². The molecule has 0 heterocycles. The third kappa shape index (κ3) is 10.5. The van der Waals surface area contributed by atoms with Gasteiger partial charge in [0.1, 0.15) is 0 Å². The highest BCUT2D eigenvalue weighted by atomic mass is 32.2. The minimum absolute atomic E-state index is 0.0608. The molecule has 0 aromatic carbocycles. The SMILES string of the molecule is CC(C)(C)CC(C)(C(=O)NCCC[N+](C)(C)CCCS(=O)(=O)O)C(C)(C)C. The number of nitrogens with zero attached hydrogens (tertiary/aromatic N) is 1. The summed E-state index contributed by atoms with van der Waals surface area (Å²) in [4.78, 5) is 13.0. The molecule has 0 fully saturated rings. The molecule has 0 spiro atoms. The van der Waals surface area contributed by atoms with E-state index in [0.717, 1.165) is 19.4 Å². The quantitative estimate of drug-likeness (QED) is 0.330. The molecule has 7 heteroatoms. The van der Waals surface area contributed by atoms with Crippen molar-refractivity contribution in [3.63, 3.8) is 0 Å². The van der Waals surface area contributed by atoms with Crippen LogP contribution in [0.5, 0.6) is 0 Å². The molecule has 0 rings (SSSR count). The first-order chi connectivity index (χ1) is 11.8. The van der Waals surface area contributed by atoms with Crippen LogP contribution in [0.4, 0.5) is 0 Å². The molecule has 0 aliphatic rings. The average Bonchev–Trinajstić information content (AvgIpc) is 2.38. The summed E-state index contributed by atoms with van der Waals surface area (Å²) in [6.07, 6.45) is 2.05. The number of rotatable bonds is 10. The fraction of sp³-hybridized carbons (Fsp3) is 0.950. The standard InChI is InChI=1S/C20H42N2O4S/c1-18(2,3)16-20(7,19(4,5)6)17(23)21-12-10-13-22(8,9)14-11-15-27(24,25)26/h10-16H2,1-9H3,(H-,21,23,24,25,26)/p+1. The molecular formula is C20H43N2O4S+. The van der Waals surface area contributed by atoms with Gasteiger partial charge < -0.3 is 9.80 Å². The number of amides is 1. The lowest BCUT2D eigenvalue weighted by Crippen LogP contribution is -2.50. The van der Waals surface area contributed by atoms with Gasteiger partial charge in [-0.15, -0.1) is 0 Å². The van der Waals surface area contributed by atoms with Gasteiger partial charge in [0.25, 0.3) is 10.1 Å². The third-order valence-corrected chi connectivity index (χ3v) is 6.24. The van der Waals surface area contributed by atoms with Gasteiger partial charge in [0, 0.05) is 19.4 Å². The Morgan fingerprint density at radius 3 is 1.85 bits per heavy atom. The van der Waals surface area contributed by atoms with Gasteiger partial charge >= 0.3 is 0 Å². The van der Waals surface area contributed by atoms with E-state index in [4.69, 9.17) is 4.55 Å². The summed E-state index contributed by atoms with van der Waals surface area (Å²) in [5.74, 6) is -0.107. The number of carbonyl (C=O) groups is 1. The van der Waals surface area contributed by atoms with Crippen molar-refractivity contribution in [2.75, 3.05) is 39.5 Å². The number of nitrogens with one attached hydrogen (secondary N) is 1. The highest BCUT2D eigenvalue weighted by Gasteiger charge is 2.46. The zero-order chi connectivity index (χ0) is 21.7. The van der Waals surface area contributed by atoms with E-state index >= 15 is 0 Å². The second-order valence-electron chi connectivity index (χ2n) is 11.0. The molecule has 1 amide bonds.